The van der Waals surface area contributed by atoms with E-state index in [4.69, 9.17) is 5.11 Å². The molecule has 1 aliphatic heterocycles. The smallest absolute Gasteiger partial charge is 0.407 e. The van der Waals surface area contributed by atoms with Crippen LogP contribution in [0.3, 0.4) is 0 Å². The molecule has 1 unspecified atom stereocenters. The van der Waals surface area contributed by atoms with Crippen LogP contribution in [0.2, 0.25) is 0 Å². The van der Waals surface area contributed by atoms with Crippen molar-refractivity contribution >= 4 is 17.9 Å². The summed E-state index contributed by atoms with van der Waals surface area (Å²) in [4.78, 5) is 41.3. The Morgan fingerprint density at radius 1 is 1.18 bits per heavy atom. The van der Waals surface area contributed by atoms with Crippen LogP contribution in [0, 0.1) is 5.92 Å². The van der Waals surface area contributed by atoms with E-state index in [9.17, 15) is 23.2 Å². The van der Waals surface area contributed by atoms with E-state index >= 15 is 0 Å². The van der Waals surface area contributed by atoms with Gasteiger partial charge in [0.25, 0.3) is 17.7 Å². The van der Waals surface area contributed by atoms with E-state index in [1.807, 2.05) is 30.3 Å². The van der Waals surface area contributed by atoms with Crippen LogP contribution in [-0.4, -0.2) is 65.5 Å². The number of alkyl halides is 2. The standard InChI is InChI=1S/C24H28F2N4O4/c1-27-22(32)20-14-17(13-19(29-20)12-16-6-3-2-4-7-16)21(31)28-10-5-8-18-15-30(23(33)34)11-9-24(18,25)26/h2-4,6-7,13-14,18H,5,8-12,15H2,1H3,(H,27,32)(H,28,31)(H,33,34). The highest BCUT2D eigenvalue weighted by Gasteiger charge is 2.44. The molecule has 0 saturated carbocycles. The maximum Gasteiger partial charge on any atom is 0.407 e. The number of hydrogen-bond donors (Lipinski definition) is 3. The molecule has 1 fully saturated rings. The van der Waals surface area contributed by atoms with Gasteiger partial charge >= 0.3 is 6.09 Å². The molecule has 2 aromatic rings. The van der Waals surface area contributed by atoms with Gasteiger partial charge in [0.1, 0.15) is 5.69 Å². The van der Waals surface area contributed by atoms with Gasteiger partial charge in [0, 0.05) is 56.7 Å². The molecule has 0 aliphatic carbocycles. The first kappa shape index (κ1) is 25.1. The van der Waals surface area contributed by atoms with Crippen molar-refractivity contribution in [3.05, 3.63) is 65.0 Å². The fourth-order valence-corrected chi connectivity index (χ4v) is 3.97. The number of carboxylic acid groups (broad SMARTS) is 1. The minimum absolute atomic E-state index is 0.0795. The van der Waals surface area contributed by atoms with Crippen molar-refractivity contribution in [2.75, 3.05) is 26.7 Å². The first-order chi connectivity index (χ1) is 16.2. The molecule has 0 radical (unpaired) electrons. The number of nitrogens with one attached hydrogen (secondary N) is 2. The zero-order chi connectivity index (χ0) is 24.7. The highest BCUT2D eigenvalue weighted by atomic mass is 19.3. The summed E-state index contributed by atoms with van der Waals surface area (Å²) in [5, 5.41) is 14.3. The first-order valence-electron chi connectivity index (χ1n) is 11.1. The van der Waals surface area contributed by atoms with Gasteiger partial charge in [-0.3, -0.25) is 9.59 Å². The minimum atomic E-state index is -2.93. The van der Waals surface area contributed by atoms with E-state index in [0.29, 0.717) is 12.1 Å². The number of aromatic nitrogens is 1. The van der Waals surface area contributed by atoms with Crippen LogP contribution < -0.4 is 10.6 Å². The van der Waals surface area contributed by atoms with Crippen LogP contribution in [-0.2, 0) is 6.42 Å². The van der Waals surface area contributed by atoms with Gasteiger partial charge in [0.05, 0.1) is 0 Å². The lowest BCUT2D eigenvalue weighted by atomic mass is 9.89. The van der Waals surface area contributed by atoms with Crippen LogP contribution in [0.1, 0.15) is 51.4 Å². The van der Waals surface area contributed by atoms with E-state index in [2.05, 4.69) is 15.6 Å². The summed E-state index contributed by atoms with van der Waals surface area (Å²) in [6, 6.07) is 12.5. The quantitative estimate of drug-likeness (QED) is 0.509. The molecule has 0 spiro atoms. The molecular formula is C24H28F2N4O4. The Balaban J connectivity index is 1.62. The van der Waals surface area contributed by atoms with E-state index < -0.39 is 36.2 Å². The molecule has 34 heavy (non-hydrogen) atoms. The maximum atomic E-state index is 14.2. The molecule has 2 heterocycles. The number of nitrogens with zero attached hydrogens (tertiary/aromatic N) is 2. The third kappa shape index (κ3) is 6.49. The van der Waals surface area contributed by atoms with Gasteiger partial charge in [-0.2, -0.15) is 0 Å². The summed E-state index contributed by atoms with van der Waals surface area (Å²) in [6.07, 6.45) is -0.924. The van der Waals surface area contributed by atoms with Crippen molar-refractivity contribution in [2.24, 2.45) is 5.92 Å². The average Bonchev–Trinajstić information content (AvgIpc) is 2.82. The van der Waals surface area contributed by atoms with Gasteiger partial charge in [0.15, 0.2) is 0 Å². The van der Waals surface area contributed by atoms with Crippen molar-refractivity contribution in [1.29, 1.82) is 0 Å². The summed E-state index contributed by atoms with van der Waals surface area (Å²) in [6.45, 7) is -0.264. The molecule has 1 aliphatic rings. The Hall–Kier alpha value is -3.56. The lowest BCUT2D eigenvalue weighted by molar-refractivity contribution is -0.103. The number of carbonyl (C=O) groups excluding carboxylic acids is 2. The molecule has 3 N–H and O–H groups in total. The number of hydrogen-bond acceptors (Lipinski definition) is 4. The highest BCUT2D eigenvalue weighted by molar-refractivity contribution is 5.98. The maximum absolute atomic E-state index is 14.2. The van der Waals surface area contributed by atoms with Gasteiger partial charge in [0.2, 0.25) is 0 Å². The summed E-state index contributed by atoms with van der Waals surface area (Å²) >= 11 is 0. The minimum Gasteiger partial charge on any atom is -0.465 e. The van der Waals surface area contributed by atoms with Crippen LogP contribution in [0.5, 0.6) is 0 Å². The monoisotopic (exact) mass is 474 g/mol. The predicted octanol–water partition coefficient (Wildman–Crippen LogP) is 3.18. The second-order valence-electron chi connectivity index (χ2n) is 8.31. The van der Waals surface area contributed by atoms with Crippen LogP contribution in [0.25, 0.3) is 0 Å². The van der Waals surface area contributed by atoms with Crippen LogP contribution >= 0.6 is 0 Å². The molecule has 3 rings (SSSR count). The van der Waals surface area contributed by atoms with Crippen molar-refractivity contribution < 1.29 is 28.3 Å². The Kier molecular flexibility index (Phi) is 8.14. The lowest BCUT2D eigenvalue weighted by Gasteiger charge is -2.37. The molecule has 3 amide bonds. The predicted molar refractivity (Wildman–Crippen MR) is 121 cm³/mol. The van der Waals surface area contributed by atoms with Crippen molar-refractivity contribution in [3.8, 4) is 0 Å². The summed E-state index contributed by atoms with van der Waals surface area (Å²) in [5.41, 5.74) is 1.88. The number of benzene rings is 1. The summed E-state index contributed by atoms with van der Waals surface area (Å²) in [7, 11) is 1.47. The number of halogens is 2. The number of likely N-dealkylation sites (tertiary alicyclic amines) is 1. The molecule has 1 aromatic carbocycles. The highest BCUT2D eigenvalue weighted by Crippen LogP contribution is 2.36. The van der Waals surface area contributed by atoms with E-state index in [1.165, 1.54) is 13.1 Å². The largest absolute Gasteiger partial charge is 0.465 e. The van der Waals surface area contributed by atoms with Gasteiger partial charge in [-0.1, -0.05) is 30.3 Å². The number of pyridine rings is 1. The second-order valence-corrected chi connectivity index (χ2v) is 8.31. The Labute approximate surface area is 196 Å². The first-order valence-corrected chi connectivity index (χ1v) is 11.1. The number of rotatable bonds is 8. The Morgan fingerprint density at radius 2 is 1.91 bits per heavy atom. The van der Waals surface area contributed by atoms with Gasteiger partial charge in [-0.25, -0.2) is 18.6 Å². The fourth-order valence-electron chi connectivity index (χ4n) is 3.97. The number of piperidine rings is 1. The number of amides is 3. The molecule has 182 valence electrons. The van der Waals surface area contributed by atoms with Gasteiger partial charge < -0.3 is 20.6 Å². The Morgan fingerprint density at radius 3 is 2.59 bits per heavy atom. The third-order valence-corrected chi connectivity index (χ3v) is 5.87. The summed E-state index contributed by atoms with van der Waals surface area (Å²) < 4.78 is 28.4. The topological polar surface area (TPSA) is 112 Å². The SMILES string of the molecule is CNC(=O)c1cc(C(=O)NCCCC2CN(C(=O)O)CCC2(F)F)cc(Cc2ccccc2)n1. The summed E-state index contributed by atoms with van der Waals surface area (Å²) in [5.74, 6) is -4.89. The van der Waals surface area contributed by atoms with Crippen molar-refractivity contribution in [2.45, 2.75) is 31.6 Å². The average molecular weight is 475 g/mol. The van der Waals surface area contributed by atoms with Gasteiger partial charge in [-0.15, -0.1) is 0 Å². The molecule has 1 saturated heterocycles. The second kappa shape index (κ2) is 11.0. The van der Waals surface area contributed by atoms with E-state index in [0.717, 1.165) is 10.5 Å². The molecule has 0 bridgehead atoms. The van der Waals surface area contributed by atoms with Crippen molar-refractivity contribution in [3.63, 3.8) is 0 Å². The molecular weight excluding hydrogens is 446 g/mol. The number of carbonyl (C=O) groups is 3. The zero-order valence-corrected chi connectivity index (χ0v) is 18.9. The lowest BCUT2D eigenvalue weighted by Crippen LogP contribution is -2.49. The molecule has 8 nitrogen and oxygen atoms in total. The van der Waals surface area contributed by atoms with Crippen molar-refractivity contribution in [1.82, 2.24) is 20.5 Å². The molecule has 1 aromatic heterocycles. The van der Waals surface area contributed by atoms with Gasteiger partial charge in [-0.05, 0) is 30.5 Å². The van der Waals surface area contributed by atoms with E-state index in [1.54, 1.807) is 6.07 Å². The van der Waals surface area contributed by atoms with E-state index in [-0.39, 0.29) is 43.7 Å². The fraction of sp³-hybridized carbons (Fsp3) is 0.417. The zero-order valence-electron chi connectivity index (χ0n) is 18.9. The van der Waals surface area contributed by atoms with Crippen LogP contribution in [0.15, 0.2) is 42.5 Å². The normalized spacial score (nSPS) is 17.1. The Bertz CT molecular complexity index is 1030. The molecule has 10 heteroatoms. The molecule has 1 atom stereocenters. The van der Waals surface area contributed by atoms with Crippen LogP contribution in [0.4, 0.5) is 13.6 Å². The third-order valence-electron chi connectivity index (χ3n) is 5.87.